The van der Waals surface area contributed by atoms with E-state index in [9.17, 15) is 4.39 Å². The monoisotopic (exact) mass is 286 g/mol. The summed E-state index contributed by atoms with van der Waals surface area (Å²) < 4.78 is 14.3. The third kappa shape index (κ3) is 2.85. The van der Waals surface area contributed by atoms with Gasteiger partial charge in [-0.3, -0.25) is 0 Å². The molecule has 0 aromatic heterocycles. The summed E-state index contributed by atoms with van der Waals surface area (Å²) in [6, 6.07) is 15.5. The van der Waals surface area contributed by atoms with Crippen LogP contribution in [0.2, 0.25) is 0 Å². The lowest BCUT2D eigenvalue weighted by atomic mass is 10.1. The largest absolute Gasteiger partial charge is 0.392 e. The third-order valence-electron chi connectivity index (χ3n) is 3.97. The molecule has 2 aromatic rings. The number of aliphatic hydroxyl groups excluding tert-OH is 1. The van der Waals surface area contributed by atoms with Crippen molar-refractivity contribution in [2.24, 2.45) is 0 Å². The number of hydrogen-bond donors (Lipinski definition) is 1. The highest BCUT2D eigenvalue weighted by molar-refractivity contribution is 5.53. The summed E-state index contributed by atoms with van der Waals surface area (Å²) in [6.07, 6.45) is 0. The van der Waals surface area contributed by atoms with Crippen LogP contribution in [0.4, 0.5) is 15.8 Å². The molecule has 0 saturated carbocycles. The quantitative estimate of drug-likeness (QED) is 0.939. The molecular formula is C17H19FN2O. The zero-order valence-corrected chi connectivity index (χ0v) is 11.9. The van der Waals surface area contributed by atoms with Crippen LogP contribution < -0.4 is 9.80 Å². The molecule has 0 radical (unpaired) electrons. The van der Waals surface area contributed by atoms with Gasteiger partial charge in [0.15, 0.2) is 5.82 Å². The maximum Gasteiger partial charge on any atom is 0.151 e. The van der Waals surface area contributed by atoms with Crippen LogP contribution in [0.1, 0.15) is 5.56 Å². The van der Waals surface area contributed by atoms with Gasteiger partial charge in [-0.25, -0.2) is 4.39 Å². The van der Waals surface area contributed by atoms with Crippen LogP contribution in [-0.2, 0) is 6.61 Å². The molecule has 1 fully saturated rings. The zero-order chi connectivity index (χ0) is 14.7. The predicted octanol–water partition coefficient (Wildman–Crippen LogP) is 2.64. The summed E-state index contributed by atoms with van der Waals surface area (Å²) in [4.78, 5) is 4.36. The number of aliphatic hydroxyl groups is 1. The zero-order valence-electron chi connectivity index (χ0n) is 11.9. The normalized spacial score (nSPS) is 15.3. The molecule has 0 bridgehead atoms. The highest BCUT2D eigenvalue weighted by Gasteiger charge is 2.20. The van der Waals surface area contributed by atoms with E-state index in [0.29, 0.717) is 11.3 Å². The van der Waals surface area contributed by atoms with Gasteiger partial charge < -0.3 is 14.9 Å². The number of nitrogens with zero attached hydrogens (tertiary/aromatic N) is 2. The smallest absolute Gasteiger partial charge is 0.151 e. The average molecular weight is 286 g/mol. The van der Waals surface area contributed by atoms with Crippen molar-refractivity contribution in [3.8, 4) is 0 Å². The van der Waals surface area contributed by atoms with E-state index >= 15 is 0 Å². The number of halogens is 1. The SMILES string of the molecule is OCc1cccc(N2CCN(c3ccccc3)CC2)c1F. The fourth-order valence-corrected chi connectivity index (χ4v) is 2.78. The van der Waals surface area contributed by atoms with Gasteiger partial charge in [0.1, 0.15) is 0 Å². The summed E-state index contributed by atoms with van der Waals surface area (Å²) >= 11 is 0. The van der Waals surface area contributed by atoms with Crippen molar-refractivity contribution < 1.29 is 9.50 Å². The van der Waals surface area contributed by atoms with Crippen molar-refractivity contribution in [3.05, 3.63) is 59.9 Å². The van der Waals surface area contributed by atoms with Crippen LogP contribution in [-0.4, -0.2) is 31.3 Å². The van der Waals surface area contributed by atoms with Gasteiger partial charge in [-0.1, -0.05) is 30.3 Å². The van der Waals surface area contributed by atoms with E-state index in [-0.39, 0.29) is 12.4 Å². The standard InChI is InChI=1S/C17H19FN2O/c18-17-14(13-21)5-4-8-16(17)20-11-9-19(10-12-20)15-6-2-1-3-7-15/h1-8,21H,9-13H2. The molecule has 0 amide bonds. The molecule has 0 atom stereocenters. The van der Waals surface area contributed by atoms with Gasteiger partial charge in [-0.15, -0.1) is 0 Å². The summed E-state index contributed by atoms with van der Waals surface area (Å²) in [7, 11) is 0. The number of rotatable bonds is 3. The van der Waals surface area contributed by atoms with Gasteiger partial charge in [0.2, 0.25) is 0 Å². The van der Waals surface area contributed by atoms with Gasteiger partial charge in [-0.05, 0) is 18.2 Å². The molecule has 3 nitrogen and oxygen atoms in total. The Kier molecular flexibility index (Phi) is 4.06. The Hall–Kier alpha value is -2.07. The first-order chi connectivity index (χ1) is 10.3. The van der Waals surface area contributed by atoms with E-state index in [1.165, 1.54) is 5.69 Å². The molecule has 3 rings (SSSR count). The van der Waals surface area contributed by atoms with Gasteiger partial charge in [0.05, 0.1) is 12.3 Å². The van der Waals surface area contributed by atoms with E-state index in [1.807, 2.05) is 23.1 Å². The minimum absolute atomic E-state index is 0.260. The Bertz CT molecular complexity index is 595. The molecule has 4 heteroatoms. The van der Waals surface area contributed by atoms with E-state index in [2.05, 4.69) is 17.0 Å². The van der Waals surface area contributed by atoms with Gasteiger partial charge in [-0.2, -0.15) is 0 Å². The highest BCUT2D eigenvalue weighted by Crippen LogP contribution is 2.25. The van der Waals surface area contributed by atoms with Crippen molar-refractivity contribution >= 4 is 11.4 Å². The summed E-state index contributed by atoms with van der Waals surface area (Å²) in [5.74, 6) is -0.298. The molecule has 1 aliphatic heterocycles. The van der Waals surface area contributed by atoms with Crippen LogP contribution >= 0.6 is 0 Å². The molecule has 21 heavy (non-hydrogen) atoms. The maximum atomic E-state index is 14.3. The molecule has 0 aliphatic carbocycles. The third-order valence-corrected chi connectivity index (χ3v) is 3.97. The molecule has 1 aliphatic rings. The maximum absolute atomic E-state index is 14.3. The van der Waals surface area contributed by atoms with Crippen molar-refractivity contribution in [2.75, 3.05) is 36.0 Å². The first kappa shape index (κ1) is 13.9. The fraction of sp³-hybridized carbons (Fsp3) is 0.294. The van der Waals surface area contributed by atoms with E-state index < -0.39 is 0 Å². The van der Waals surface area contributed by atoms with Crippen LogP contribution in [0.15, 0.2) is 48.5 Å². The number of para-hydroxylation sites is 1. The average Bonchev–Trinajstić information content (AvgIpc) is 2.56. The predicted molar refractivity (Wildman–Crippen MR) is 83.2 cm³/mol. The Morgan fingerprint density at radius 3 is 2.19 bits per heavy atom. The second kappa shape index (κ2) is 6.14. The molecule has 1 N–H and O–H groups in total. The molecule has 1 heterocycles. The van der Waals surface area contributed by atoms with E-state index in [4.69, 9.17) is 5.11 Å². The Balaban J connectivity index is 1.72. The lowest BCUT2D eigenvalue weighted by Gasteiger charge is -2.37. The van der Waals surface area contributed by atoms with Crippen molar-refractivity contribution in [1.82, 2.24) is 0 Å². The molecule has 0 unspecified atom stereocenters. The molecule has 0 spiro atoms. The molecular weight excluding hydrogens is 267 g/mol. The second-order valence-corrected chi connectivity index (χ2v) is 5.22. The van der Waals surface area contributed by atoms with Crippen molar-refractivity contribution in [1.29, 1.82) is 0 Å². The fourth-order valence-electron chi connectivity index (χ4n) is 2.78. The van der Waals surface area contributed by atoms with Crippen LogP contribution in [0, 0.1) is 5.82 Å². The van der Waals surface area contributed by atoms with Crippen LogP contribution in [0.5, 0.6) is 0 Å². The first-order valence-corrected chi connectivity index (χ1v) is 7.23. The van der Waals surface area contributed by atoms with Crippen molar-refractivity contribution in [2.45, 2.75) is 6.61 Å². The van der Waals surface area contributed by atoms with Gasteiger partial charge in [0, 0.05) is 37.4 Å². The topological polar surface area (TPSA) is 26.7 Å². The van der Waals surface area contributed by atoms with Crippen LogP contribution in [0.3, 0.4) is 0 Å². The van der Waals surface area contributed by atoms with Gasteiger partial charge in [0.25, 0.3) is 0 Å². The minimum atomic E-state index is -0.298. The number of hydrogen-bond acceptors (Lipinski definition) is 3. The number of benzene rings is 2. The lowest BCUT2D eigenvalue weighted by Crippen LogP contribution is -2.46. The number of piperazine rings is 1. The summed E-state index contributed by atoms with van der Waals surface area (Å²) in [5, 5.41) is 9.17. The number of anilines is 2. The van der Waals surface area contributed by atoms with E-state index in [1.54, 1.807) is 18.2 Å². The first-order valence-electron chi connectivity index (χ1n) is 7.23. The summed E-state index contributed by atoms with van der Waals surface area (Å²) in [6.45, 7) is 3.03. The summed E-state index contributed by atoms with van der Waals surface area (Å²) in [5.41, 5.74) is 2.16. The second-order valence-electron chi connectivity index (χ2n) is 5.22. The van der Waals surface area contributed by atoms with Crippen LogP contribution in [0.25, 0.3) is 0 Å². The van der Waals surface area contributed by atoms with Crippen molar-refractivity contribution in [3.63, 3.8) is 0 Å². The van der Waals surface area contributed by atoms with Gasteiger partial charge >= 0.3 is 0 Å². The minimum Gasteiger partial charge on any atom is -0.392 e. The Labute approximate surface area is 124 Å². The Morgan fingerprint density at radius 2 is 1.52 bits per heavy atom. The molecule has 2 aromatic carbocycles. The van der Waals surface area contributed by atoms with E-state index in [0.717, 1.165) is 26.2 Å². The lowest BCUT2D eigenvalue weighted by molar-refractivity contribution is 0.276. The molecule has 1 saturated heterocycles. The highest BCUT2D eigenvalue weighted by atomic mass is 19.1. The molecule has 110 valence electrons. The Morgan fingerprint density at radius 1 is 0.857 bits per heavy atom.